The van der Waals surface area contributed by atoms with Crippen LogP contribution in [0.3, 0.4) is 0 Å². The molecule has 0 aromatic heterocycles. The largest absolute Gasteiger partial charge is 0.350 e. The highest BCUT2D eigenvalue weighted by atomic mass is 16.2. The first-order chi connectivity index (χ1) is 8.22. The summed E-state index contributed by atoms with van der Waals surface area (Å²) in [5, 5.41) is 3.16. The van der Waals surface area contributed by atoms with Crippen molar-refractivity contribution in [3.63, 3.8) is 0 Å². The van der Waals surface area contributed by atoms with Gasteiger partial charge in [0.15, 0.2) is 0 Å². The maximum absolute atomic E-state index is 11.9. The van der Waals surface area contributed by atoms with Gasteiger partial charge in [0.2, 0.25) is 5.91 Å². The van der Waals surface area contributed by atoms with Crippen molar-refractivity contribution < 1.29 is 4.79 Å². The van der Waals surface area contributed by atoms with E-state index in [1.54, 1.807) is 0 Å². The van der Waals surface area contributed by atoms with Gasteiger partial charge in [0.1, 0.15) is 0 Å². The zero-order valence-electron chi connectivity index (χ0n) is 10.8. The van der Waals surface area contributed by atoms with Gasteiger partial charge in [0.05, 0.1) is 6.04 Å². The minimum absolute atomic E-state index is 0.0456. The Kier molecular flexibility index (Phi) is 4.40. The van der Waals surface area contributed by atoms with Crippen LogP contribution in [0.25, 0.3) is 0 Å². The van der Waals surface area contributed by atoms with Gasteiger partial charge in [-0.05, 0) is 32.2 Å². The second-order valence-electron chi connectivity index (χ2n) is 5.40. The van der Waals surface area contributed by atoms with Crippen molar-refractivity contribution in [3.05, 3.63) is 0 Å². The van der Waals surface area contributed by atoms with Crippen LogP contribution in [0.4, 0.5) is 0 Å². The van der Waals surface area contributed by atoms with Gasteiger partial charge in [0, 0.05) is 18.6 Å². The fourth-order valence-electron chi connectivity index (χ4n) is 3.15. The molecule has 0 aromatic carbocycles. The highest BCUT2D eigenvalue weighted by Crippen LogP contribution is 2.27. The van der Waals surface area contributed by atoms with E-state index in [2.05, 4.69) is 17.1 Å². The van der Waals surface area contributed by atoms with Gasteiger partial charge in [-0.2, -0.15) is 0 Å². The van der Waals surface area contributed by atoms with E-state index in [1.807, 2.05) is 0 Å². The van der Waals surface area contributed by atoms with Gasteiger partial charge in [-0.25, -0.2) is 0 Å². The quantitative estimate of drug-likeness (QED) is 0.765. The fourth-order valence-corrected chi connectivity index (χ4v) is 3.15. The van der Waals surface area contributed by atoms with E-state index in [0.29, 0.717) is 12.1 Å². The lowest BCUT2D eigenvalue weighted by atomic mass is 9.98. The predicted octanol–water partition coefficient (Wildman–Crippen LogP) is 0.857. The van der Waals surface area contributed by atoms with Crippen LogP contribution in [0.15, 0.2) is 0 Å². The van der Waals surface area contributed by atoms with Gasteiger partial charge in [-0.15, -0.1) is 0 Å². The van der Waals surface area contributed by atoms with Crippen molar-refractivity contribution in [1.82, 2.24) is 10.2 Å². The smallest absolute Gasteiger partial charge is 0.237 e. The number of nitrogens with two attached hydrogens (primary N) is 1. The Morgan fingerprint density at radius 1 is 1.41 bits per heavy atom. The molecule has 98 valence electrons. The number of hydrogen-bond acceptors (Lipinski definition) is 3. The van der Waals surface area contributed by atoms with Crippen molar-refractivity contribution in [2.24, 2.45) is 5.73 Å². The standard InChI is InChI=1S/C13H25N3O/c1-2-5-10(14)13(17)15-11-7-9-16-8-4-3-6-12(11)16/h10-12H,2-9,14H2,1H3,(H,15,17)/t10-,11?,12?/m1/s1. The van der Waals surface area contributed by atoms with Crippen molar-refractivity contribution in [2.45, 2.75) is 63.6 Å². The van der Waals surface area contributed by atoms with Crippen LogP contribution in [0, 0.1) is 0 Å². The monoisotopic (exact) mass is 239 g/mol. The third kappa shape index (κ3) is 2.99. The SMILES string of the molecule is CCC[C@@H](N)C(=O)NC1CCN2CCCCC12. The summed E-state index contributed by atoms with van der Waals surface area (Å²) >= 11 is 0. The summed E-state index contributed by atoms with van der Waals surface area (Å²) in [6.45, 7) is 4.41. The number of amides is 1. The van der Waals surface area contributed by atoms with Gasteiger partial charge in [-0.1, -0.05) is 19.8 Å². The third-order valence-corrected chi connectivity index (χ3v) is 4.12. The molecule has 2 saturated heterocycles. The molecule has 2 rings (SSSR count). The molecule has 2 fully saturated rings. The highest BCUT2D eigenvalue weighted by Gasteiger charge is 2.36. The molecule has 4 nitrogen and oxygen atoms in total. The first-order valence-corrected chi connectivity index (χ1v) is 7.02. The molecular weight excluding hydrogens is 214 g/mol. The molecule has 0 saturated carbocycles. The highest BCUT2D eigenvalue weighted by molar-refractivity contribution is 5.81. The summed E-state index contributed by atoms with van der Waals surface area (Å²) in [5.74, 6) is 0.0456. The molecule has 0 bridgehead atoms. The van der Waals surface area contributed by atoms with E-state index in [1.165, 1.54) is 25.8 Å². The number of rotatable bonds is 4. The van der Waals surface area contributed by atoms with E-state index in [0.717, 1.165) is 25.8 Å². The van der Waals surface area contributed by atoms with Gasteiger partial charge >= 0.3 is 0 Å². The lowest BCUT2D eigenvalue weighted by molar-refractivity contribution is -0.123. The van der Waals surface area contributed by atoms with Crippen LogP contribution in [0.2, 0.25) is 0 Å². The van der Waals surface area contributed by atoms with Crippen LogP contribution in [0.1, 0.15) is 45.4 Å². The molecule has 2 unspecified atom stereocenters. The van der Waals surface area contributed by atoms with Crippen molar-refractivity contribution in [1.29, 1.82) is 0 Å². The Morgan fingerprint density at radius 2 is 2.24 bits per heavy atom. The number of piperidine rings is 1. The average molecular weight is 239 g/mol. The van der Waals surface area contributed by atoms with Crippen molar-refractivity contribution in [2.75, 3.05) is 13.1 Å². The van der Waals surface area contributed by atoms with Crippen LogP contribution in [0.5, 0.6) is 0 Å². The summed E-state index contributed by atoms with van der Waals surface area (Å²) < 4.78 is 0. The van der Waals surface area contributed by atoms with Gasteiger partial charge in [-0.3, -0.25) is 9.69 Å². The minimum Gasteiger partial charge on any atom is -0.350 e. The van der Waals surface area contributed by atoms with E-state index in [-0.39, 0.29) is 11.9 Å². The maximum atomic E-state index is 11.9. The van der Waals surface area contributed by atoms with Gasteiger partial charge in [0.25, 0.3) is 0 Å². The van der Waals surface area contributed by atoms with E-state index < -0.39 is 0 Å². The summed E-state index contributed by atoms with van der Waals surface area (Å²) in [6, 6.07) is 0.588. The molecule has 1 amide bonds. The lowest BCUT2D eigenvalue weighted by Gasteiger charge is -2.32. The molecule has 0 radical (unpaired) electrons. The zero-order chi connectivity index (χ0) is 12.3. The Hall–Kier alpha value is -0.610. The summed E-state index contributed by atoms with van der Waals surface area (Å²) in [7, 11) is 0. The number of nitrogens with one attached hydrogen (secondary N) is 1. The zero-order valence-corrected chi connectivity index (χ0v) is 10.8. The number of hydrogen-bond donors (Lipinski definition) is 2. The molecule has 4 heteroatoms. The molecule has 2 aliphatic rings. The minimum atomic E-state index is -0.322. The molecule has 3 N–H and O–H groups in total. The molecule has 2 aliphatic heterocycles. The first-order valence-electron chi connectivity index (χ1n) is 7.02. The molecule has 0 spiro atoms. The molecule has 2 heterocycles. The summed E-state index contributed by atoms with van der Waals surface area (Å²) in [5.41, 5.74) is 5.85. The molecule has 0 aliphatic carbocycles. The summed E-state index contributed by atoms with van der Waals surface area (Å²) in [4.78, 5) is 14.4. The Balaban J connectivity index is 1.84. The van der Waals surface area contributed by atoms with Crippen molar-refractivity contribution >= 4 is 5.91 Å². The second-order valence-corrected chi connectivity index (χ2v) is 5.40. The van der Waals surface area contributed by atoms with Gasteiger partial charge < -0.3 is 11.1 Å². The fraction of sp³-hybridized carbons (Fsp3) is 0.923. The predicted molar refractivity (Wildman–Crippen MR) is 68.6 cm³/mol. The van der Waals surface area contributed by atoms with E-state index in [4.69, 9.17) is 5.73 Å². The van der Waals surface area contributed by atoms with Crippen LogP contribution < -0.4 is 11.1 Å². The molecule has 0 aromatic rings. The molecule has 17 heavy (non-hydrogen) atoms. The number of nitrogens with zero attached hydrogens (tertiary/aromatic N) is 1. The topological polar surface area (TPSA) is 58.4 Å². The van der Waals surface area contributed by atoms with E-state index >= 15 is 0 Å². The number of carbonyl (C=O) groups is 1. The number of fused-ring (bicyclic) bond motifs is 1. The van der Waals surface area contributed by atoms with Crippen LogP contribution in [-0.4, -0.2) is 42.0 Å². The van der Waals surface area contributed by atoms with E-state index in [9.17, 15) is 4.79 Å². The molecule has 3 atom stereocenters. The lowest BCUT2D eigenvalue weighted by Crippen LogP contribution is -2.51. The second kappa shape index (κ2) is 5.83. The maximum Gasteiger partial charge on any atom is 0.237 e. The van der Waals surface area contributed by atoms with Crippen molar-refractivity contribution in [3.8, 4) is 0 Å². The first kappa shape index (κ1) is 12.8. The molecular formula is C13H25N3O. The average Bonchev–Trinajstić information content (AvgIpc) is 2.73. The number of carbonyl (C=O) groups excluding carboxylic acids is 1. The Bertz CT molecular complexity index is 269. The van der Waals surface area contributed by atoms with Crippen LogP contribution >= 0.6 is 0 Å². The Morgan fingerprint density at radius 3 is 3.00 bits per heavy atom. The third-order valence-electron chi connectivity index (χ3n) is 4.12. The normalized spacial score (nSPS) is 30.9. The Labute approximate surface area is 104 Å². The summed E-state index contributed by atoms with van der Waals surface area (Å²) in [6.07, 6.45) is 6.69. The van der Waals surface area contributed by atoms with Crippen LogP contribution in [-0.2, 0) is 4.79 Å².